The third-order valence-corrected chi connectivity index (χ3v) is 8.24. The lowest BCUT2D eigenvalue weighted by Gasteiger charge is -2.45. The predicted octanol–water partition coefficient (Wildman–Crippen LogP) is 5.49. The molecule has 1 aliphatic rings. The van der Waals surface area contributed by atoms with Gasteiger partial charge >= 0.3 is 0 Å². The van der Waals surface area contributed by atoms with E-state index in [-0.39, 0.29) is 18.6 Å². The van der Waals surface area contributed by atoms with E-state index in [1.807, 2.05) is 50.4 Å². The van der Waals surface area contributed by atoms with E-state index in [0.717, 1.165) is 48.9 Å². The number of benzene rings is 3. The van der Waals surface area contributed by atoms with E-state index in [9.17, 15) is 5.11 Å². The molecule has 9 heteroatoms. The molecule has 42 heavy (non-hydrogen) atoms. The number of para-hydroxylation sites is 1. The Morgan fingerprint density at radius 2 is 1.50 bits per heavy atom. The first-order valence-electron chi connectivity index (χ1n) is 14.2. The van der Waals surface area contributed by atoms with Crippen molar-refractivity contribution in [2.24, 2.45) is 0 Å². The van der Waals surface area contributed by atoms with E-state index in [1.165, 1.54) is 16.8 Å². The monoisotopic (exact) mass is 583 g/mol. The van der Waals surface area contributed by atoms with Gasteiger partial charge in [-0.25, -0.2) is 15.0 Å². The molecule has 0 spiro atoms. The molecule has 5 aromatic rings. The molecule has 8 nitrogen and oxygen atoms in total. The fourth-order valence-electron chi connectivity index (χ4n) is 6.05. The molecule has 1 N–H and O–H groups in total. The Kier molecular flexibility index (Phi) is 8.77. The number of hydrogen-bond acceptors (Lipinski definition) is 7. The largest absolute Gasteiger partial charge is 0.390 e. The Hall–Kier alpha value is -3.98. The summed E-state index contributed by atoms with van der Waals surface area (Å²) < 4.78 is 2.09. The van der Waals surface area contributed by atoms with Gasteiger partial charge in [-0.15, -0.1) is 12.4 Å². The average Bonchev–Trinajstić information content (AvgIpc) is 3.40. The van der Waals surface area contributed by atoms with Crippen molar-refractivity contribution < 1.29 is 5.11 Å². The van der Waals surface area contributed by atoms with Crippen LogP contribution >= 0.6 is 12.4 Å². The van der Waals surface area contributed by atoms with Crippen molar-refractivity contribution in [2.75, 3.05) is 43.0 Å². The topological polar surface area (TPSA) is 73.6 Å². The van der Waals surface area contributed by atoms with Crippen LogP contribution in [-0.2, 0) is 0 Å². The summed E-state index contributed by atoms with van der Waals surface area (Å²) in [6, 6.07) is 26.8. The molecule has 0 aliphatic carbocycles. The first-order valence-corrected chi connectivity index (χ1v) is 14.2. The molecule has 0 radical (unpaired) electrons. The molecule has 3 heterocycles. The number of likely N-dealkylation sites (N-methyl/N-ethyl adjacent to an activating group) is 1. The number of hydrogen-bond donors (Lipinski definition) is 1. The minimum atomic E-state index is -0.609. The summed E-state index contributed by atoms with van der Waals surface area (Å²) in [5.41, 5.74) is 7.35. The second-order valence-corrected chi connectivity index (χ2v) is 10.8. The van der Waals surface area contributed by atoms with Crippen molar-refractivity contribution >= 4 is 35.1 Å². The molecular formula is C33H38ClN7O. The maximum Gasteiger partial charge on any atom is 0.170 e. The van der Waals surface area contributed by atoms with Crippen LogP contribution in [-0.4, -0.2) is 75.0 Å². The zero-order valence-corrected chi connectivity index (χ0v) is 25.4. The number of halogens is 1. The second kappa shape index (κ2) is 12.5. The number of aliphatic hydroxyl groups is 1. The van der Waals surface area contributed by atoms with Crippen LogP contribution in [0.25, 0.3) is 28.2 Å². The lowest BCUT2D eigenvalue weighted by Crippen LogP contribution is -2.59. The highest BCUT2D eigenvalue weighted by Crippen LogP contribution is 2.33. The summed E-state index contributed by atoms with van der Waals surface area (Å²) in [7, 11) is 2.00. The molecule has 2 unspecified atom stereocenters. The predicted molar refractivity (Wildman–Crippen MR) is 173 cm³/mol. The van der Waals surface area contributed by atoms with Gasteiger partial charge in [-0.3, -0.25) is 9.47 Å². The lowest BCUT2D eigenvalue weighted by molar-refractivity contribution is 0.0572. The third-order valence-electron chi connectivity index (χ3n) is 8.24. The maximum absolute atomic E-state index is 11.1. The number of rotatable bonds is 7. The minimum Gasteiger partial charge on any atom is -0.390 e. The van der Waals surface area contributed by atoms with Crippen molar-refractivity contribution in [3.8, 4) is 17.1 Å². The van der Waals surface area contributed by atoms with Gasteiger partial charge in [0, 0.05) is 50.2 Å². The van der Waals surface area contributed by atoms with Gasteiger partial charge in [0.15, 0.2) is 17.0 Å². The number of piperazine rings is 1. The van der Waals surface area contributed by atoms with Crippen LogP contribution < -0.4 is 9.80 Å². The summed E-state index contributed by atoms with van der Waals surface area (Å²) in [5, 5.41) is 11.1. The average molecular weight is 584 g/mol. The summed E-state index contributed by atoms with van der Waals surface area (Å²) >= 11 is 0. The van der Waals surface area contributed by atoms with Crippen molar-refractivity contribution in [1.82, 2.24) is 24.4 Å². The molecule has 1 saturated heterocycles. The number of nitrogens with zero attached hydrogens (tertiary/aromatic N) is 7. The molecular weight excluding hydrogens is 546 g/mol. The van der Waals surface area contributed by atoms with E-state index in [1.54, 1.807) is 6.33 Å². The highest BCUT2D eigenvalue weighted by atomic mass is 35.5. The summed E-state index contributed by atoms with van der Waals surface area (Å²) in [4.78, 5) is 21.4. The zero-order valence-electron chi connectivity index (χ0n) is 24.6. The molecule has 0 amide bonds. The Morgan fingerprint density at radius 3 is 2.17 bits per heavy atom. The van der Waals surface area contributed by atoms with Crippen LogP contribution in [0, 0.1) is 13.8 Å². The molecule has 2 aromatic heterocycles. The number of imidazole rings is 1. The summed E-state index contributed by atoms with van der Waals surface area (Å²) in [6.45, 7) is 9.65. The van der Waals surface area contributed by atoms with E-state index in [0.29, 0.717) is 11.3 Å². The highest BCUT2D eigenvalue weighted by molar-refractivity contribution is 5.88. The zero-order chi connectivity index (χ0) is 28.5. The summed E-state index contributed by atoms with van der Waals surface area (Å²) in [5.74, 6) is 1.50. The standard InChI is InChI=1S/C33H37N7O.ClH/c1-23-12-11-17-28(24(23)2)38-18-20-39(21-19-38)33(25(3)41)37(4)31-29-32(35-22-34-31)40(27-15-9-6-10-16-27)30(36-29)26-13-7-5-8-14-26;/h5-17,22,25,33,41H,18-21H2,1-4H3;1H. The van der Waals surface area contributed by atoms with Crippen molar-refractivity contribution in [1.29, 1.82) is 0 Å². The van der Waals surface area contributed by atoms with Crippen molar-refractivity contribution in [2.45, 2.75) is 33.0 Å². The number of aliphatic hydroxyl groups excluding tert-OH is 1. The van der Waals surface area contributed by atoms with Gasteiger partial charge in [-0.1, -0.05) is 60.7 Å². The molecule has 2 atom stereocenters. The quantitative estimate of drug-likeness (QED) is 0.272. The van der Waals surface area contributed by atoms with Gasteiger partial charge in [0.1, 0.15) is 18.3 Å². The fraction of sp³-hybridized carbons (Fsp3) is 0.303. The Balaban J connectivity index is 0.00000353. The third kappa shape index (κ3) is 5.45. The second-order valence-electron chi connectivity index (χ2n) is 10.8. The first-order chi connectivity index (χ1) is 19.9. The lowest BCUT2D eigenvalue weighted by atomic mass is 10.1. The highest BCUT2D eigenvalue weighted by Gasteiger charge is 2.33. The smallest absolute Gasteiger partial charge is 0.170 e. The van der Waals surface area contributed by atoms with Crippen LogP contribution in [0.1, 0.15) is 18.1 Å². The maximum atomic E-state index is 11.1. The van der Waals surface area contributed by atoms with E-state index in [4.69, 9.17) is 15.0 Å². The molecule has 0 bridgehead atoms. The molecule has 1 aliphatic heterocycles. The van der Waals surface area contributed by atoms with Crippen LogP contribution in [0.3, 0.4) is 0 Å². The van der Waals surface area contributed by atoms with Gasteiger partial charge in [-0.2, -0.15) is 0 Å². The van der Waals surface area contributed by atoms with Gasteiger partial charge in [0.25, 0.3) is 0 Å². The van der Waals surface area contributed by atoms with Gasteiger partial charge in [0.05, 0.1) is 6.10 Å². The molecule has 1 fully saturated rings. The molecule has 3 aromatic carbocycles. The summed E-state index contributed by atoms with van der Waals surface area (Å²) in [6.07, 6.45) is 0.722. The number of anilines is 2. The van der Waals surface area contributed by atoms with Gasteiger partial charge < -0.3 is 14.9 Å². The first kappa shape index (κ1) is 29.5. The number of aromatic nitrogens is 4. The van der Waals surface area contributed by atoms with E-state index < -0.39 is 6.10 Å². The van der Waals surface area contributed by atoms with Crippen LogP contribution in [0.15, 0.2) is 85.2 Å². The Labute approximate surface area is 253 Å². The normalized spacial score (nSPS) is 15.3. The van der Waals surface area contributed by atoms with Gasteiger partial charge in [-0.05, 0) is 50.1 Å². The molecule has 218 valence electrons. The van der Waals surface area contributed by atoms with E-state index >= 15 is 0 Å². The van der Waals surface area contributed by atoms with Crippen LogP contribution in [0.2, 0.25) is 0 Å². The molecule has 0 saturated carbocycles. The molecule has 6 rings (SSSR count). The van der Waals surface area contributed by atoms with Crippen LogP contribution in [0.5, 0.6) is 0 Å². The SMILES string of the molecule is Cc1cccc(N2CCN(C(C(C)O)N(C)c3ncnc4c3nc(-c3ccccc3)n4-c3ccccc3)CC2)c1C.Cl. The van der Waals surface area contributed by atoms with Crippen molar-refractivity contribution in [3.63, 3.8) is 0 Å². The minimum absolute atomic E-state index is 0. The number of fused-ring (bicyclic) bond motifs is 1. The van der Waals surface area contributed by atoms with Crippen LogP contribution in [0.4, 0.5) is 11.5 Å². The Morgan fingerprint density at radius 1 is 0.833 bits per heavy atom. The fourth-order valence-corrected chi connectivity index (χ4v) is 6.05. The van der Waals surface area contributed by atoms with Gasteiger partial charge in [0.2, 0.25) is 0 Å². The Bertz CT molecular complexity index is 1630. The number of aryl methyl sites for hydroxylation is 1. The van der Waals surface area contributed by atoms with Crippen molar-refractivity contribution in [3.05, 3.63) is 96.3 Å². The van der Waals surface area contributed by atoms with E-state index in [2.05, 4.69) is 75.6 Å².